The van der Waals surface area contributed by atoms with Crippen LogP contribution in [0.2, 0.25) is 0 Å². The van der Waals surface area contributed by atoms with E-state index in [9.17, 15) is 32.4 Å². The third kappa shape index (κ3) is 5.36. The van der Waals surface area contributed by atoms with E-state index in [1.807, 2.05) is 0 Å². The van der Waals surface area contributed by atoms with E-state index in [2.05, 4.69) is 8.57 Å². The van der Waals surface area contributed by atoms with Crippen LogP contribution >= 0.6 is 0 Å². The Hall–Kier alpha value is -2.38. The van der Waals surface area contributed by atoms with E-state index in [-0.39, 0.29) is 42.2 Å². The number of aliphatic carboxylic acids is 1. The minimum atomic E-state index is -4.91. The van der Waals surface area contributed by atoms with Crippen LogP contribution in [0.3, 0.4) is 0 Å². The van der Waals surface area contributed by atoms with Crippen LogP contribution in [0, 0.1) is 0 Å². The molecule has 2 aliphatic rings. The molecule has 0 spiro atoms. The molecule has 2 heterocycles. The normalized spacial score (nSPS) is 18.0. The predicted octanol–water partition coefficient (Wildman–Crippen LogP) is -1.13. The number of hydrogen-bond acceptors (Lipinski definition) is 9. The van der Waals surface area contributed by atoms with E-state index in [1.165, 1.54) is 0 Å². The fourth-order valence-corrected chi connectivity index (χ4v) is 2.20. The van der Waals surface area contributed by atoms with Gasteiger partial charge < -0.3 is 5.11 Å². The Morgan fingerprint density at radius 3 is 1.38 bits per heavy atom. The lowest BCUT2D eigenvalue weighted by Gasteiger charge is -2.15. The summed E-state index contributed by atoms with van der Waals surface area (Å²) in [5, 5.41) is 7.78. The maximum atomic E-state index is 11.4. The van der Waals surface area contributed by atoms with Crippen molar-refractivity contribution in [2.45, 2.75) is 39.0 Å². The van der Waals surface area contributed by atoms with Crippen molar-refractivity contribution < 1.29 is 46.1 Å². The van der Waals surface area contributed by atoms with Crippen molar-refractivity contribution in [2.24, 2.45) is 0 Å². The molecule has 0 aromatic heterocycles. The summed E-state index contributed by atoms with van der Waals surface area (Å²) < 4.78 is 31.0. The van der Waals surface area contributed by atoms with Gasteiger partial charge in [0.2, 0.25) is 0 Å². The van der Waals surface area contributed by atoms with Crippen molar-refractivity contribution in [3.63, 3.8) is 0 Å². The van der Waals surface area contributed by atoms with E-state index in [0.29, 0.717) is 0 Å². The highest BCUT2D eigenvalue weighted by molar-refractivity contribution is 7.81. The smallest absolute Gasteiger partial charge is 0.443 e. The minimum Gasteiger partial charge on any atom is -0.481 e. The molecule has 0 aromatic rings. The number of carbonyl (C=O) groups excluding carboxylic acids is 4. The molecule has 0 aromatic carbocycles. The summed E-state index contributed by atoms with van der Waals surface area (Å²) in [6.07, 6.45) is -0.516. The molecule has 2 fully saturated rings. The summed E-state index contributed by atoms with van der Waals surface area (Å²) in [7, 11) is -4.91. The van der Waals surface area contributed by atoms with Crippen molar-refractivity contribution in [3.05, 3.63) is 0 Å². The largest absolute Gasteiger partial charge is 0.481 e. The lowest BCUT2D eigenvalue weighted by Crippen LogP contribution is -2.38. The Morgan fingerprint density at radius 1 is 0.917 bits per heavy atom. The number of carbonyl (C=O) groups is 5. The molecule has 0 bridgehead atoms. The van der Waals surface area contributed by atoms with Crippen LogP contribution in [0.1, 0.15) is 39.0 Å². The Balaban J connectivity index is 0.000000505. The van der Waals surface area contributed by atoms with Gasteiger partial charge in [0.25, 0.3) is 23.6 Å². The van der Waals surface area contributed by atoms with E-state index < -0.39 is 40.0 Å². The van der Waals surface area contributed by atoms with E-state index in [4.69, 9.17) is 5.11 Å². The fraction of sp³-hybridized carbons (Fsp3) is 0.545. The average molecular weight is 366 g/mol. The second kappa shape index (κ2) is 7.94. The van der Waals surface area contributed by atoms with Crippen LogP contribution in [-0.2, 0) is 42.9 Å². The first-order chi connectivity index (χ1) is 11.1. The summed E-state index contributed by atoms with van der Waals surface area (Å²) in [5.74, 6) is -4.15. The summed E-state index contributed by atoms with van der Waals surface area (Å²) >= 11 is 0. The first kappa shape index (κ1) is 19.7. The molecular weight excluding hydrogens is 352 g/mol. The first-order valence-electron chi connectivity index (χ1n) is 6.65. The van der Waals surface area contributed by atoms with Gasteiger partial charge in [-0.25, -0.2) is 0 Å². The highest BCUT2D eigenvalue weighted by Gasteiger charge is 2.39. The zero-order valence-corrected chi connectivity index (χ0v) is 13.3. The molecule has 13 heteroatoms. The topological polar surface area (TPSA) is 165 Å². The summed E-state index contributed by atoms with van der Waals surface area (Å²) in [6, 6.07) is 0. The lowest BCUT2D eigenvalue weighted by atomic mass is 10.4. The molecule has 0 saturated carbocycles. The van der Waals surface area contributed by atoms with Crippen LogP contribution in [0.4, 0.5) is 0 Å². The van der Waals surface area contributed by atoms with Crippen LogP contribution < -0.4 is 0 Å². The molecule has 134 valence electrons. The van der Waals surface area contributed by atoms with Crippen LogP contribution in [0.25, 0.3) is 0 Å². The molecule has 0 aliphatic carbocycles. The van der Waals surface area contributed by atoms with E-state index in [1.54, 1.807) is 6.92 Å². The summed E-state index contributed by atoms with van der Waals surface area (Å²) in [5.41, 5.74) is 0. The number of rotatable bonds is 5. The Kier molecular flexibility index (Phi) is 6.51. The third-order valence-corrected chi connectivity index (χ3v) is 3.31. The molecule has 12 nitrogen and oxygen atoms in total. The van der Waals surface area contributed by atoms with Gasteiger partial charge >= 0.3 is 16.4 Å². The van der Waals surface area contributed by atoms with Gasteiger partial charge in [-0.05, 0) is 0 Å². The van der Waals surface area contributed by atoms with Gasteiger partial charge in [0.15, 0.2) is 0 Å². The molecule has 2 saturated heterocycles. The van der Waals surface area contributed by atoms with Gasteiger partial charge in [-0.2, -0.15) is 8.42 Å². The molecule has 24 heavy (non-hydrogen) atoms. The summed E-state index contributed by atoms with van der Waals surface area (Å²) in [6.45, 7) is 1.60. The number of carboxylic acid groups (broad SMARTS) is 1. The molecule has 4 amide bonds. The Morgan fingerprint density at radius 2 is 1.17 bits per heavy atom. The van der Waals surface area contributed by atoms with Gasteiger partial charge in [0.05, 0.1) is 0 Å². The Labute approximate surface area is 136 Å². The number of nitrogens with zero attached hydrogens (tertiary/aromatic N) is 2. The first-order valence-corrected chi connectivity index (χ1v) is 7.98. The SMILES string of the molecule is CCC(=O)O.O=C1CCC(=O)N1OS(=O)(=O)ON1C(=O)CCC1=O. The average Bonchev–Trinajstić information content (AvgIpc) is 2.97. The Bertz CT molecular complexity index is 594. The minimum absolute atomic E-state index is 0.0281. The number of imide groups is 2. The molecule has 2 aliphatic heterocycles. The van der Waals surface area contributed by atoms with E-state index in [0.717, 1.165) is 0 Å². The standard InChI is InChI=1S/C8H8N2O8S.C3H6O2/c11-5-1-2-6(12)9(5)17-19(15,16)18-10-7(13)3-4-8(10)14;1-2-3(4)5/h1-4H2;2H2,1H3,(H,4,5). The lowest BCUT2D eigenvalue weighted by molar-refractivity contribution is -0.174. The second-order valence-electron chi connectivity index (χ2n) is 4.47. The molecule has 0 radical (unpaired) electrons. The third-order valence-electron chi connectivity index (χ3n) is 2.65. The van der Waals surface area contributed by atoms with Crippen molar-refractivity contribution in [1.29, 1.82) is 0 Å². The number of carboxylic acids is 1. The van der Waals surface area contributed by atoms with Crippen molar-refractivity contribution in [1.82, 2.24) is 10.1 Å². The van der Waals surface area contributed by atoms with Crippen molar-refractivity contribution in [3.8, 4) is 0 Å². The zero-order valence-electron chi connectivity index (χ0n) is 12.5. The van der Waals surface area contributed by atoms with Gasteiger partial charge in [0, 0.05) is 32.1 Å². The second-order valence-corrected chi connectivity index (χ2v) is 5.58. The van der Waals surface area contributed by atoms with Gasteiger partial charge in [-0.1, -0.05) is 6.92 Å². The maximum absolute atomic E-state index is 11.4. The number of amides is 4. The maximum Gasteiger partial charge on any atom is 0.443 e. The highest BCUT2D eigenvalue weighted by atomic mass is 32.3. The van der Waals surface area contributed by atoms with Crippen LogP contribution in [-0.4, -0.2) is 53.2 Å². The number of hydroxylamine groups is 4. The van der Waals surface area contributed by atoms with Crippen molar-refractivity contribution >= 4 is 40.0 Å². The molecule has 0 atom stereocenters. The predicted molar refractivity (Wildman–Crippen MR) is 71.2 cm³/mol. The van der Waals surface area contributed by atoms with Gasteiger partial charge in [-0.3, -0.25) is 24.0 Å². The van der Waals surface area contributed by atoms with Gasteiger partial charge in [0.1, 0.15) is 0 Å². The molecule has 2 rings (SSSR count). The zero-order chi connectivity index (χ0) is 18.5. The molecular formula is C11H14N2O10S. The van der Waals surface area contributed by atoms with Crippen molar-refractivity contribution in [2.75, 3.05) is 0 Å². The van der Waals surface area contributed by atoms with E-state index >= 15 is 0 Å². The fourth-order valence-electron chi connectivity index (χ4n) is 1.47. The monoisotopic (exact) mass is 366 g/mol. The molecule has 1 N–H and O–H groups in total. The number of hydrogen-bond donors (Lipinski definition) is 1. The highest BCUT2D eigenvalue weighted by Crippen LogP contribution is 2.18. The molecule has 0 unspecified atom stereocenters. The summed E-state index contributed by atoms with van der Waals surface area (Å²) in [4.78, 5) is 53.9. The van der Waals surface area contributed by atoms with Gasteiger partial charge in [-0.15, -0.1) is 18.7 Å². The quantitative estimate of drug-likeness (QED) is 0.589. The van der Waals surface area contributed by atoms with Crippen LogP contribution in [0.15, 0.2) is 0 Å². The van der Waals surface area contributed by atoms with Crippen LogP contribution in [0.5, 0.6) is 0 Å².